The van der Waals surface area contributed by atoms with Crippen LogP contribution in [-0.2, 0) is 4.74 Å². The standard InChI is InChI=1S/C20H22N6O/c1-20(9-4-10-27-20)25-12-18-19(26-11-15(22-23-26)14-7-8-14)21-13-24(18)16-5-2-3-6-17(16)25/h2-3,5-6,11-12,14H,4,7-10,13H2,1H3. The second-order valence-electron chi connectivity index (χ2n) is 7.91. The molecule has 3 aliphatic heterocycles. The fraction of sp³-hybridized carbons (Fsp3) is 0.450. The van der Waals surface area contributed by atoms with Crippen molar-refractivity contribution in [1.29, 1.82) is 0 Å². The number of aromatic nitrogens is 3. The topological polar surface area (TPSA) is 58.8 Å². The maximum absolute atomic E-state index is 6.16. The number of rotatable bonds is 2. The lowest BCUT2D eigenvalue weighted by atomic mass is 10.1. The molecule has 1 atom stereocenters. The molecule has 0 bridgehead atoms. The summed E-state index contributed by atoms with van der Waals surface area (Å²) in [5.74, 6) is 1.44. The van der Waals surface area contributed by atoms with Crippen LogP contribution in [0.15, 0.2) is 47.4 Å². The zero-order valence-electron chi connectivity index (χ0n) is 15.4. The molecule has 0 spiro atoms. The molecule has 1 unspecified atom stereocenters. The quantitative estimate of drug-likeness (QED) is 0.822. The van der Waals surface area contributed by atoms with Crippen molar-refractivity contribution in [3.05, 3.63) is 48.1 Å². The molecule has 1 saturated heterocycles. The highest BCUT2D eigenvalue weighted by Crippen LogP contribution is 2.44. The van der Waals surface area contributed by atoms with Gasteiger partial charge < -0.3 is 14.5 Å². The summed E-state index contributed by atoms with van der Waals surface area (Å²) in [4.78, 5) is 9.32. The Hall–Kier alpha value is -2.67. The third kappa shape index (κ3) is 2.27. The van der Waals surface area contributed by atoms with Crippen molar-refractivity contribution in [3.63, 3.8) is 0 Å². The number of hydrogen-bond acceptors (Lipinski definition) is 6. The number of hydrogen-bond donors (Lipinski definition) is 0. The summed E-state index contributed by atoms with van der Waals surface area (Å²) in [5, 5.41) is 8.73. The third-order valence-corrected chi connectivity index (χ3v) is 6.00. The maximum atomic E-state index is 6.16. The number of fused-ring (bicyclic) bond motifs is 3. The van der Waals surface area contributed by atoms with E-state index in [4.69, 9.17) is 9.73 Å². The summed E-state index contributed by atoms with van der Waals surface area (Å²) in [6.45, 7) is 3.58. The minimum atomic E-state index is -0.329. The van der Waals surface area contributed by atoms with Gasteiger partial charge in [0, 0.05) is 18.7 Å². The number of para-hydroxylation sites is 2. The van der Waals surface area contributed by atoms with Crippen LogP contribution in [-0.4, -0.2) is 39.8 Å². The van der Waals surface area contributed by atoms with Crippen molar-refractivity contribution in [2.75, 3.05) is 23.1 Å². The first-order valence-electron chi connectivity index (χ1n) is 9.72. The summed E-state index contributed by atoms with van der Waals surface area (Å²) in [7, 11) is 0. The highest BCUT2D eigenvalue weighted by Gasteiger charge is 2.42. The van der Waals surface area contributed by atoms with Crippen LogP contribution in [0.25, 0.3) is 0 Å². The van der Waals surface area contributed by atoms with Gasteiger partial charge in [0.2, 0.25) is 0 Å². The maximum Gasteiger partial charge on any atom is 0.177 e. The first-order chi connectivity index (χ1) is 13.2. The molecule has 1 aromatic heterocycles. The number of nitrogens with zero attached hydrogens (tertiary/aromatic N) is 6. The van der Waals surface area contributed by atoms with Crippen LogP contribution in [0, 0.1) is 0 Å². The molecule has 4 heterocycles. The van der Waals surface area contributed by atoms with Crippen LogP contribution in [0.5, 0.6) is 0 Å². The second kappa shape index (κ2) is 5.42. The van der Waals surface area contributed by atoms with Gasteiger partial charge in [0.05, 0.1) is 23.3 Å². The van der Waals surface area contributed by atoms with Crippen LogP contribution in [0.1, 0.15) is 44.2 Å². The van der Waals surface area contributed by atoms with Crippen LogP contribution < -0.4 is 9.80 Å². The summed E-state index contributed by atoms with van der Waals surface area (Å²) in [6.07, 6.45) is 8.74. The lowest BCUT2D eigenvalue weighted by Gasteiger charge is -2.42. The van der Waals surface area contributed by atoms with Gasteiger partial charge in [0.15, 0.2) is 5.84 Å². The van der Waals surface area contributed by atoms with Crippen LogP contribution in [0.2, 0.25) is 0 Å². The fourth-order valence-electron chi connectivity index (χ4n) is 4.32. The number of benzene rings is 1. The number of anilines is 2. The Labute approximate surface area is 157 Å². The molecule has 2 fully saturated rings. The van der Waals surface area contributed by atoms with Crippen molar-refractivity contribution in [2.45, 2.75) is 44.2 Å². The SMILES string of the molecule is CC1(N2C=C3C(n4cc(C5CC5)nn4)=NCN3c3ccccc32)CCCO1. The van der Waals surface area contributed by atoms with Crippen LogP contribution in [0.3, 0.4) is 0 Å². The molecular formula is C20H22N6O. The molecule has 1 aromatic carbocycles. The van der Waals surface area contributed by atoms with E-state index in [2.05, 4.69) is 57.5 Å². The van der Waals surface area contributed by atoms with Crippen molar-refractivity contribution in [3.8, 4) is 0 Å². The average molecular weight is 362 g/mol. The molecule has 4 aliphatic rings. The molecule has 1 aliphatic carbocycles. The van der Waals surface area contributed by atoms with Gasteiger partial charge in [0.25, 0.3) is 0 Å². The van der Waals surface area contributed by atoms with E-state index in [1.807, 2.05) is 10.9 Å². The van der Waals surface area contributed by atoms with E-state index in [1.54, 1.807) is 0 Å². The van der Waals surface area contributed by atoms with Gasteiger partial charge in [-0.25, -0.2) is 9.67 Å². The third-order valence-electron chi connectivity index (χ3n) is 6.00. The molecule has 0 radical (unpaired) electrons. The van der Waals surface area contributed by atoms with E-state index < -0.39 is 0 Å². The number of allylic oxidation sites excluding steroid dienone is 1. The van der Waals surface area contributed by atoms with Crippen molar-refractivity contribution in [2.24, 2.45) is 4.99 Å². The summed E-state index contributed by atoms with van der Waals surface area (Å²) in [6, 6.07) is 8.48. The molecule has 27 heavy (non-hydrogen) atoms. The first-order valence-corrected chi connectivity index (χ1v) is 9.72. The van der Waals surface area contributed by atoms with Crippen molar-refractivity contribution in [1.82, 2.24) is 15.0 Å². The van der Waals surface area contributed by atoms with Crippen LogP contribution >= 0.6 is 0 Å². The molecule has 1 saturated carbocycles. The number of ether oxygens (including phenoxy) is 1. The lowest BCUT2D eigenvalue weighted by molar-refractivity contribution is 0.0247. The Kier molecular flexibility index (Phi) is 3.09. The normalized spacial score (nSPS) is 26.7. The van der Waals surface area contributed by atoms with Crippen molar-refractivity contribution >= 4 is 17.2 Å². The predicted octanol–water partition coefficient (Wildman–Crippen LogP) is 3.07. The van der Waals surface area contributed by atoms with E-state index >= 15 is 0 Å². The zero-order valence-corrected chi connectivity index (χ0v) is 15.4. The summed E-state index contributed by atoms with van der Waals surface area (Å²) >= 11 is 0. The predicted molar refractivity (Wildman–Crippen MR) is 103 cm³/mol. The van der Waals surface area contributed by atoms with Gasteiger partial charge in [0.1, 0.15) is 18.1 Å². The number of aliphatic imine (C=N–C) groups is 1. The summed E-state index contributed by atoms with van der Waals surface area (Å²) in [5.41, 5.74) is 4.13. The monoisotopic (exact) mass is 362 g/mol. The highest BCUT2D eigenvalue weighted by molar-refractivity contribution is 6.07. The Bertz CT molecular complexity index is 966. The Morgan fingerprint density at radius 3 is 2.81 bits per heavy atom. The van der Waals surface area contributed by atoms with Crippen LogP contribution in [0.4, 0.5) is 11.4 Å². The van der Waals surface area contributed by atoms with Gasteiger partial charge in [-0.05, 0) is 44.7 Å². The minimum Gasteiger partial charge on any atom is -0.356 e. The minimum absolute atomic E-state index is 0.329. The summed E-state index contributed by atoms with van der Waals surface area (Å²) < 4.78 is 7.99. The molecule has 6 rings (SSSR count). The van der Waals surface area contributed by atoms with Gasteiger partial charge in [-0.1, -0.05) is 17.3 Å². The molecule has 7 nitrogen and oxygen atoms in total. The Morgan fingerprint density at radius 2 is 2.04 bits per heavy atom. The largest absolute Gasteiger partial charge is 0.356 e. The first kappa shape index (κ1) is 15.4. The average Bonchev–Trinajstić information content (AvgIpc) is 3.09. The molecule has 0 N–H and O–H groups in total. The van der Waals surface area contributed by atoms with Gasteiger partial charge in [-0.2, -0.15) is 0 Å². The molecule has 138 valence electrons. The van der Waals surface area contributed by atoms with Gasteiger partial charge >= 0.3 is 0 Å². The molecule has 2 aromatic rings. The molecule has 7 heteroatoms. The lowest BCUT2D eigenvalue weighted by Crippen LogP contribution is -2.46. The Morgan fingerprint density at radius 1 is 1.19 bits per heavy atom. The van der Waals surface area contributed by atoms with E-state index in [0.29, 0.717) is 12.6 Å². The fourth-order valence-corrected chi connectivity index (χ4v) is 4.32. The second-order valence-corrected chi connectivity index (χ2v) is 7.91. The highest BCUT2D eigenvalue weighted by atomic mass is 16.5. The van der Waals surface area contributed by atoms with E-state index in [-0.39, 0.29) is 5.72 Å². The van der Waals surface area contributed by atoms with Crippen molar-refractivity contribution < 1.29 is 4.74 Å². The van der Waals surface area contributed by atoms with Gasteiger partial charge in [-0.3, -0.25) is 0 Å². The van der Waals surface area contributed by atoms with Gasteiger partial charge in [-0.15, -0.1) is 5.10 Å². The zero-order chi connectivity index (χ0) is 18.0. The smallest absolute Gasteiger partial charge is 0.177 e. The molecular weight excluding hydrogens is 340 g/mol. The Balaban J connectivity index is 1.44. The van der Waals surface area contributed by atoms with E-state index in [1.165, 1.54) is 18.5 Å². The van der Waals surface area contributed by atoms with E-state index in [0.717, 1.165) is 42.4 Å². The molecule has 0 amide bonds. The van der Waals surface area contributed by atoms with E-state index in [9.17, 15) is 0 Å².